The van der Waals surface area contributed by atoms with Gasteiger partial charge in [-0.3, -0.25) is 0 Å². The predicted octanol–water partition coefficient (Wildman–Crippen LogP) is 5.32. The van der Waals surface area contributed by atoms with Gasteiger partial charge in [-0.25, -0.2) is 0 Å². The van der Waals surface area contributed by atoms with Gasteiger partial charge in [-0.2, -0.15) is 0 Å². The Labute approximate surface area is 143 Å². The second-order valence-corrected chi connectivity index (χ2v) is 9.94. The molecule has 3 unspecified atom stereocenters. The molecule has 4 rings (SSSR count). The smallest absolute Gasteiger partial charge is 0.0576 e. The minimum absolute atomic E-state index is 0.0304. The van der Waals surface area contributed by atoms with Crippen molar-refractivity contribution in [2.24, 2.45) is 34.5 Å². The number of hydrogen-bond donors (Lipinski definition) is 1. The first-order valence-electron chi connectivity index (χ1n) is 9.01. The van der Waals surface area contributed by atoms with E-state index >= 15 is 0 Å². The van der Waals surface area contributed by atoms with Crippen LogP contribution < -0.4 is 0 Å². The zero-order valence-electron chi connectivity index (χ0n) is 13.4. The Hall–Kier alpha value is 0.430. The van der Waals surface area contributed by atoms with Crippen LogP contribution in [0.4, 0.5) is 0 Å². The van der Waals surface area contributed by atoms with Gasteiger partial charge in [0.2, 0.25) is 0 Å². The van der Waals surface area contributed by atoms with Crippen molar-refractivity contribution in [2.45, 2.75) is 71.3 Å². The molecule has 4 aliphatic carbocycles. The first-order chi connectivity index (χ1) is 9.97. The molecule has 0 aliphatic heterocycles. The molecule has 1 nitrogen and oxygen atoms in total. The maximum absolute atomic E-state index is 10.9. The summed E-state index contributed by atoms with van der Waals surface area (Å²) in [7, 11) is 0. The molecule has 0 saturated heterocycles. The molecule has 0 amide bonds. The molecule has 0 aromatic carbocycles. The quantitative estimate of drug-likeness (QED) is 0.546. The number of allylic oxidation sites excluding steroid dienone is 2. The van der Waals surface area contributed by atoms with Gasteiger partial charge >= 0.3 is 0 Å². The Morgan fingerprint density at radius 1 is 1.10 bits per heavy atom. The zero-order chi connectivity index (χ0) is 14.8. The minimum Gasteiger partial charge on any atom is -0.393 e. The summed E-state index contributed by atoms with van der Waals surface area (Å²) in [5, 5.41) is 10.9. The summed E-state index contributed by atoms with van der Waals surface area (Å²) < 4.78 is 1.61. The first kappa shape index (κ1) is 15.0. The van der Waals surface area contributed by atoms with Gasteiger partial charge in [0, 0.05) is 5.41 Å². The summed E-state index contributed by atoms with van der Waals surface area (Å²) in [5.74, 6) is 3.03. The number of aliphatic hydroxyl groups excluding tert-OH is 1. The van der Waals surface area contributed by atoms with Crippen LogP contribution in [0.3, 0.4) is 0 Å². The highest BCUT2D eigenvalue weighted by molar-refractivity contribution is 14.1. The average Bonchev–Trinajstić information content (AvgIpc) is 2.75. The van der Waals surface area contributed by atoms with E-state index in [4.69, 9.17) is 0 Å². The van der Waals surface area contributed by atoms with Gasteiger partial charge in [-0.15, -0.1) is 0 Å². The molecule has 0 radical (unpaired) electrons. The summed E-state index contributed by atoms with van der Waals surface area (Å²) in [4.78, 5) is 0. The number of hydrogen-bond acceptors (Lipinski definition) is 1. The van der Waals surface area contributed by atoms with Crippen LogP contribution >= 0.6 is 22.6 Å². The normalized spacial score (nSPS) is 56.2. The van der Waals surface area contributed by atoms with E-state index in [2.05, 4.69) is 42.5 Å². The van der Waals surface area contributed by atoms with Crippen molar-refractivity contribution in [2.75, 3.05) is 0 Å². The van der Waals surface area contributed by atoms with Crippen LogP contribution in [-0.2, 0) is 0 Å². The zero-order valence-corrected chi connectivity index (χ0v) is 15.6. The molecule has 1 N–H and O–H groups in total. The Bertz CT molecular complexity index is 472. The van der Waals surface area contributed by atoms with Crippen LogP contribution in [0, 0.1) is 34.5 Å². The van der Waals surface area contributed by atoms with E-state index in [1.807, 2.05) is 0 Å². The highest BCUT2D eigenvalue weighted by atomic mass is 127. The highest BCUT2D eigenvalue weighted by Gasteiger charge is 2.59. The SMILES string of the molecule is C[C@]12CCCCC1C(O)C[C@@H]1C2CC[C@]2(C)C(I)=CC[C@@H]12. The van der Waals surface area contributed by atoms with E-state index in [1.165, 1.54) is 44.9 Å². The van der Waals surface area contributed by atoms with Crippen molar-refractivity contribution >= 4 is 22.6 Å². The highest BCUT2D eigenvalue weighted by Crippen LogP contribution is 2.66. The molecule has 7 atom stereocenters. The predicted molar refractivity (Wildman–Crippen MR) is 95.2 cm³/mol. The molecule has 0 aromatic rings. The molecule has 0 spiro atoms. The van der Waals surface area contributed by atoms with Crippen LogP contribution in [0.1, 0.15) is 65.2 Å². The second-order valence-electron chi connectivity index (χ2n) is 8.78. The van der Waals surface area contributed by atoms with Gasteiger partial charge in [-0.05, 0) is 93.8 Å². The maximum Gasteiger partial charge on any atom is 0.0576 e. The van der Waals surface area contributed by atoms with E-state index in [9.17, 15) is 5.11 Å². The summed E-state index contributed by atoms with van der Waals surface area (Å²) in [5.41, 5.74) is 0.856. The van der Waals surface area contributed by atoms with Crippen LogP contribution in [0.25, 0.3) is 0 Å². The van der Waals surface area contributed by atoms with Crippen LogP contribution in [0.2, 0.25) is 0 Å². The first-order valence-corrected chi connectivity index (χ1v) is 10.1. The largest absolute Gasteiger partial charge is 0.393 e. The topological polar surface area (TPSA) is 20.2 Å². The lowest BCUT2D eigenvalue weighted by atomic mass is 9.45. The summed E-state index contributed by atoms with van der Waals surface area (Å²) >= 11 is 2.59. The van der Waals surface area contributed by atoms with E-state index in [1.54, 1.807) is 3.58 Å². The fourth-order valence-corrected chi connectivity index (χ4v) is 7.79. The van der Waals surface area contributed by atoms with Crippen molar-refractivity contribution in [3.8, 4) is 0 Å². The van der Waals surface area contributed by atoms with Crippen molar-refractivity contribution < 1.29 is 5.11 Å². The number of aliphatic hydroxyl groups is 1. The number of fused-ring (bicyclic) bond motifs is 5. The van der Waals surface area contributed by atoms with Crippen molar-refractivity contribution in [1.29, 1.82) is 0 Å². The van der Waals surface area contributed by atoms with E-state index in [-0.39, 0.29) is 6.10 Å². The summed E-state index contributed by atoms with van der Waals surface area (Å²) in [6, 6.07) is 0. The van der Waals surface area contributed by atoms with Gasteiger partial charge in [0.05, 0.1) is 6.10 Å². The maximum atomic E-state index is 10.9. The van der Waals surface area contributed by atoms with Gasteiger partial charge in [0.15, 0.2) is 0 Å². The van der Waals surface area contributed by atoms with Crippen LogP contribution in [0.5, 0.6) is 0 Å². The van der Waals surface area contributed by atoms with Crippen molar-refractivity contribution in [3.05, 3.63) is 9.66 Å². The average molecular weight is 400 g/mol. The molecule has 0 heterocycles. The Morgan fingerprint density at radius 2 is 1.90 bits per heavy atom. The Balaban J connectivity index is 1.69. The Morgan fingerprint density at radius 3 is 2.71 bits per heavy atom. The van der Waals surface area contributed by atoms with E-state index in [0.717, 1.165) is 24.2 Å². The van der Waals surface area contributed by atoms with E-state index < -0.39 is 0 Å². The standard InChI is InChI=1S/C19H29IO/c1-18-9-4-3-5-15(18)16(21)11-12-13-6-7-17(20)19(13,2)10-8-14(12)18/h7,12-16,21H,3-6,8-11H2,1-2H3/t12-,13-,14?,15?,16?,18+,19-/m0/s1. The third-order valence-electron chi connectivity index (χ3n) is 8.08. The number of rotatable bonds is 0. The molecule has 4 aliphatic rings. The third kappa shape index (κ3) is 1.96. The molecule has 3 fully saturated rings. The molecule has 3 saturated carbocycles. The molecule has 118 valence electrons. The second kappa shape index (κ2) is 4.96. The molecular weight excluding hydrogens is 371 g/mol. The van der Waals surface area contributed by atoms with Crippen molar-refractivity contribution in [3.63, 3.8) is 0 Å². The number of halogens is 1. The lowest BCUT2D eigenvalue weighted by Gasteiger charge is -2.61. The Kier molecular flexibility index (Phi) is 3.54. The fourth-order valence-electron chi connectivity index (χ4n) is 6.87. The lowest BCUT2D eigenvalue weighted by molar-refractivity contribution is -0.149. The van der Waals surface area contributed by atoms with Gasteiger partial charge in [0.25, 0.3) is 0 Å². The molecule has 21 heavy (non-hydrogen) atoms. The summed E-state index contributed by atoms with van der Waals surface area (Å²) in [6.45, 7) is 5.04. The van der Waals surface area contributed by atoms with Crippen LogP contribution in [-0.4, -0.2) is 11.2 Å². The van der Waals surface area contributed by atoms with Gasteiger partial charge in [0.1, 0.15) is 0 Å². The van der Waals surface area contributed by atoms with Crippen LogP contribution in [0.15, 0.2) is 9.66 Å². The molecular formula is C19H29IO. The van der Waals surface area contributed by atoms with E-state index in [0.29, 0.717) is 16.7 Å². The molecule has 2 heteroatoms. The van der Waals surface area contributed by atoms with Crippen molar-refractivity contribution in [1.82, 2.24) is 0 Å². The lowest BCUT2D eigenvalue weighted by Crippen LogP contribution is -2.56. The minimum atomic E-state index is -0.0304. The third-order valence-corrected chi connectivity index (χ3v) is 9.75. The fraction of sp³-hybridized carbons (Fsp3) is 0.895. The molecule has 0 aromatic heterocycles. The monoisotopic (exact) mass is 400 g/mol. The van der Waals surface area contributed by atoms with Gasteiger partial charge in [-0.1, -0.05) is 32.8 Å². The molecule has 0 bridgehead atoms. The summed E-state index contributed by atoms with van der Waals surface area (Å²) in [6.07, 6.45) is 13.0. The van der Waals surface area contributed by atoms with Gasteiger partial charge < -0.3 is 5.11 Å².